The van der Waals surface area contributed by atoms with Crippen LogP contribution in [0.25, 0.3) is 0 Å². The third-order valence-electron chi connectivity index (χ3n) is 5.14. The predicted octanol–water partition coefficient (Wildman–Crippen LogP) is 3.92. The number of carbonyl (C=O) groups excluding carboxylic acids is 3. The average molecular weight is 385 g/mol. The van der Waals surface area contributed by atoms with E-state index in [1.54, 1.807) is 31.2 Å². The number of aryl methyl sites for hydroxylation is 3. The zero-order valence-corrected chi connectivity index (χ0v) is 16.5. The van der Waals surface area contributed by atoms with E-state index in [4.69, 9.17) is 11.6 Å². The molecule has 1 atom stereocenters. The lowest BCUT2D eigenvalue weighted by Gasteiger charge is -2.22. The smallest absolute Gasteiger partial charge is 0.319 e. The number of urea groups is 1. The topological polar surface area (TPSA) is 66.5 Å². The Morgan fingerprint density at radius 2 is 1.63 bits per heavy atom. The number of halogens is 1. The molecule has 2 aromatic carbocycles. The summed E-state index contributed by atoms with van der Waals surface area (Å²) in [7, 11) is 0. The molecule has 140 valence electrons. The van der Waals surface area contributed by atoms with Gasteiger partial charge < -0.3 is 5.32 Å². The van der Waals surface area contributed by atoms with Gasteiger partial charge in [0, 0.05) is 10.6 Å². The lowest BCUT2D eigenvalue weighted by Crippen LogP contribution is -2.41. The molecule has 1 aliphatic heterocycles. The molecule has 6 heteroatoms. The summed E-state index contributed by atoms with van der Waals surface area (Å²) in [5.74, 6) is -0.718. The highest BCUT2D eigenvalue weighted by Crippen LogP contribution is 2.30. The van der Waals surface area contributed by atoms with Crippen molar-refractivity contribution in [2.75, 3.05) is 6.54 Å². The zero-order valence-electron chi connectivity index (χ0n) is 15.7. The number of Topliss-reactive ketones (excluding diaryl/α,β-unsaturated/α-hetero) is 1. The summed E-state index contributed by atoms with van der Waals surface area (Å²) in [6, 6.07) is 9.88. The van der Waals surface area contributed by atoms with Crippen LogP contribution in [0.5, 0.6) is 0 Å². The van der Waals surface area contributed by atoms with Crippen molar-refractivity contribution in [2.45, 2.75) is 33.2 Å². The van der Waals surface area contributed by atoms with Crippen LogP contribution in [0.1, 0.15) is 39.5 Å². The van der Waals surface area contributed by atoms with E-state index in [2.05, 4.69) is 5.32 Å². The molecular formula is C21H21ClN2O3. The van der Waals surface area contributed by atoms with Gasteiger partial charge in [-0.2, -0.15) is 0 Å². The van der Waals surface area contributed by atoms with E-state index in [0.717, 1.165) is 21.6 Å². The van der Waals surface area contributed by atoms with E-state index >= 15 is 0 Å². The Morgan fingerprint density at radius 1 is 1.04 bits per heavy atom. The van der Waals surface area contributed by atoms with Gasteiger partial charge in [0.1, 0.15) is 5.54 Å². The van der Waals surface area contributed by atoms with Crippen molar-refractivity contribution in [1.29, 1.82) is 0 Å². The van der Waals surface area contributed by atoms with Crippen LogP contribution in [-0.2, 0) is 10.3 Å². The van der Waals surface area contributed by atoms with E-state index in [1.807, 2.05) is 32.9 Å². The summed E-state index contributed by atoms with van der Waals surface area (Å²) in [6.07, 6.45) is 0. The molecule has 0 radical (unpaired) electrons. The molecular weight excluding hydrogens is 364 g/mol. The molecule has 1 fully saturated rings. The lowest BCUT2D eigenvalue weighted by molar-refractivity contribution is -0.130. The van der Waals surface area contributed by atoms with Crippen molar-refractivity contribution < 1.29 is 14.4 Å². The molecule has 1 unspecified atom stereocenters. The van der Waals surface area contributed by atoms with Crippen LogP contribution in [0.2, 0.25) is 5.02 Å². The molecule has 1 N–H and O–H groups in total. The quantitative estimate of drug-likeness (QED) is 0.641. The zero-order chi connectivity index (χ0) is 19.9. The number of rotatable bonds is 4. The first-order valence-corrected chi connectivity index (χ1v) is 9.02. The van der Waals surface area contributed by atoms with Gasteiger partial charge in [-0.1, -0.05) is 29.8 Å². The van der Waals surface area contributed by atoms with Crippen molar-refractivity contribution in [3.8, 4) is 0 Å². The molecule has 0 bridgehead atoms. The van der Waals surface area contributed by atoms with Gasteiger partial charge >= 0.3 is 6.03 Å². The molecule has 5 nitrogen and oxygen atoms in total. The molecule has 3 amide bonds. The summed E-state index contributed by atoms with van der Waals surface area (Å²) in [5, 5.41) is 3.24. The highest BCUT2D eigenvalue weighted by molar-refractivity contribution is 6.30. The maximum Gasteiger partial charge on any atom is 0.325 e. The maximum absolute atomic E-state index is 13.0. The number of hydrogen-bond acceptors (Lipinski definition) is 3. The van der Waals surface area contributed by atoms with Crippen LogP contribution in [-0.4, -0.2) is 29.2 Å². The third-order valence-corrected chi connectivity index (χ3v) is 5.39. The van der Waals surface area contributed by atoms with Crippen LogP contribution in [0.15, 0.2) is 36.4 Å². The lowest BCUT2D eigenvalue weighted by atomic mass is 9.92. The fourth-order valence-electron chi connectivity index (χ4n) is 3.31. The van der Waals surface area contributed by atoms with E-state index < -0.39 is 17.5 Å². The minimum absolute atomic E-state index is 0.264. The second-order valence-corrected chi connectivity index (χ2v) is 7.56. The van der Waals surface area contributed by atoms with Crippen molar-refractivity contribution in [2.24, 2.45) is 0 Å². The summed E-state index contributed by atoms with van der Waals surface area (Å²) in [5.41, 5.74) is 2.83. The molecule has 1 saturated heterocycles. The van der Waals surface area contributed by atoms with Gasteiger partial charge in [0.05, 0.1) is 6.54 Å². The fourth-order valence-corrected chi connectivity index (χ4v) is 3.44. The Labute approximate surface area is 163 Å². The number of amides is 3. The molecule has 2 aromatic rings. The van der Waals surface area contributed by atoms with Crippen LogP contribution in [0.4, 0.5) is 4.79 Å². The Bertz CT molecular complexity index is 953. The monoisotopic (exact) mass is 384 g/mol. The van der Waals surface area contributed by atoms with Crippen LogP contribution in [0.3, 0.4) is 0 Å². The number of carbonyl (C=O) groups is 3. The van der Waals surface area contributed by atoms with Crippen molar-refractivity contribution in [3.05, 3.63) is 69.2 Å². The Morgan fingerprint density at radius 3 is 2.26 bits per heavy atom. The largest absolute Gasteiger partial charge is 0.325 e. The van der Waals surface area contributed by atoms with E-state index in [9.17, 15) is 14.4 Å². The Hall–Kier alpha value is -2.66. The second kappa shape index (κ2) is 6.82. The maximum atomic E-state index is 13.0. The van der Waals surface area contributed by atoms with Gasteiger partial charge in [0.2, 0.25) is 0 Å². The van der Waals surface area contributed by atoms with E-state index in [1.165, 1.54) is 0 Å². The molecule has 0 aliphatic carbocycles. The molecule has 27 heavy (non-hydrogen) atoms. The van der Waals surface area contributed by atoms with Crippen molar-refractivity contribution in [3.63, 3.8) is 0 Å². The molecule has 0 spiro atoms. The van der Waals surface area contributed by atoms with Gasteiger partial charge in [-0.05, 0) is 68.1 Å². The van der Waals surface area contributed by atoms with E-state index in [0.29, 0.717) is 16.1 Å². The van der Waals surface area contributed by atoms with Crippen LogP contribution in [0, 0.1) is 20.8 Å². The number of imide groups is 1. The highest BCUT2D eigenvalue weighted by Gasteiger charge is 2.49. The number of ketones is 1. The van der Waals surface area contributed by atoms with Crippen molar-refractivity contribution >= 4 is 29.3 Å². The minimum Gasteiger partial charge on any atom is -0.319 e. The first-order valence-electron chi connectivity index (χ1n) is 8.64. The third kappa shape index (κ3) is 3.35. The Kier molecular flexibility index (Phi) is 4.82. The number of benzene rings is 2. The molecule has 0 aromatic heterocycles. The first-order chi connectivity index (χ1) is 12.6. The van der Waals surface area contributed by atoms with Crippen LogP contribution < -0.4 is 5.32 Å². The van der Waals surface area contributed by atoms with Gasteiger partial charge in [0.25, 0.3) is 5.91 Å². The normalized spacial score (nSPS) is 19.4. The number of nitrogens with one attached hydrogen (secondary N) is 1. The fraction of sp³-hybridized carbons (Fsp3) is 0.286. The van der Waals surface area contributed by atoms with Crippen molar-refractivity contribution in [1.82, 2.24) is 10.2 Å². The van der Waals surface area contributed by atoms with Gasteiger partial charge in [-0.3, -0.25) is 14.5 Å². The van der Waals surface area contributed by atoms with E-state index in [-0.39, 0.29) is 12.3 Å². The summed E-state index contributed by atoms with van der Waals surface area (Å²) >= 11 is 5.91. The standard InChI is InChI=1S/C21H21ClN2O3/c1-12-9-14(3)17(10-13(12)2)18(25)11-24-19(26)21(4,23-20(24)27)15-5-7-16(22)8-6-15/h5-10H,11H2,1-4H3,(H,23,27). The molecule has 0 saturated carbocycles. The average Bonchev–Trinajstić information content (AvgIpc) is 2.82. The predicted molar refractivity (Wildman–Crippen MR) is 104 cm³/mol. The SMILES string of the molecule is Cc1cc(C)c(C(=O)CN2C(=O)NC(C)(c3ccc(Cl)cc3)C2=O)cc1C. The second-order valence-electron chi connectivity index (χ2n) is 7.13. The summed E-state index contributed by atoms with van der Waals surface area (Å²) < 4.78 is 0. The van der Waals surface area contributed by atoms with Gasteiger partial charge in [-0.15, -0.1) is 0 Å². The molecule has 1 heterocycles. The summed E-state index contributed by atoms with van der Waals surface area (Å²) in [4.78, 5) is 39.1. The van der Waals surface area contributed by atoms with Gasteiger partial charge in [-0.25, -0.2) is 4.79 Å². The minimum atomic E-state index is -1.22. The number of nitrogens with zero attached hydrogens (tertiary/aromatic N) is 1. The molecule has 1 aliphatic rings. The highest BCUT2D eigenvalue weighted by atomic mass is 35.5. The first kappa shape index (κ1) is 19.1. The number of hydrogen-bond donors (Lipinski definition) is 1. The van der Waals surface area contributed by atoms with Crippen LogP contribution >= 0.6 is 11.6 Å². The molecule has 3 rings (SSSR count). The summed E-state index contributed by atoms with van der Waals surface area (Å²) in [6.45, 7) is 7.09. The Balaban J connectivity index is 1.87. The van der Waals surface area contributed by atoms with Gasteiger partial charge in [0.15, 0.2) is 5.78 Å².